The Bertz CT molecular complexity index is 433. The molecule has 0 fully saturated rings. The third-order valence-electron chi connectivity index (χ3n) is 3.40. The zero-order chi connectivity index (χ0) is 15.0. The molecule has 0 heterocycles. The van der Waals surface area contributed by atoms with E-state index in [0.29, 0.717) is 13.0 Å². The summed E-state index contributed by atoms with van der Waals surface area (Å²) in [5, 5.41) is 0. The van der Waals surface area contributed by atoms with Gasteiger partial charge in [0.15, 0.2) is 0 Å². The summed E-state index contributed by atoms with van der Waals surface area (Å²) in [6, 6.07) is 9.89. The van der Waals surface area contributed by atoms with Crippen LogP contribution in [-0.2, 0) is 11.2 Å². The number of unbranched alkanes of at least 4 members (excludes halogenated alkanes) is 1. The lowest BCUT2D eigenvalue weighted by Crippen LogP contribution is -2.42. The van der Waals surface area contributed by atoms with Crippen LogP contribution in [0, 0.1) is 5.92 Å². The Labute approximate surface area is 127 Å². The van der Waals surface area contributed by atoms with Crippen LogP contribution in [0.5, 0.6) is 0 Å². The van der Waals surface area contributed by atoms with Gasteiger partial charge in [0, 0.05) is 13.1 Å². The minimum absolute atomic E-state index is 0.0531. The Morgan fingerprint density at radius 1 is 1.30 bits per heavy atom. The second-order valence-corrected chi connectivity index (χ2v) is 5.39. The molecule has 20 heavy (non-hydrogen) atoms. The predicted molar refractivity (Wildman–Crippen MR) is 87.6 cm³/mol. The normalized spacial score (nSPS) is 11.9. The topological polar surface area (TPSA) is 46.3 Å². The second-order valence-electron chi connectivity index (χ2n) is 4.92. The average molecular weight is 292 g/mol. The highest BCUT2D eigenvalue weighted by Gasteiger charge is 2.25. The molecule has 0 radical (unpaired) electrons. The van der Waals surface area contributed by atoms with Gasteiger partial charge >= 0.3 is 0 Å². The molecule has 4 heteroatoms. The highest BCUT2D eigenvalue weighted by molar-refractivity contribution is 7.80. The van der Waals surface area contributed by atoms with Gasteiger partial charge in [-0.05, 0) is 25.3 Å². The van der Waals surface area contributed by atoms with Crippen molar-refractivity contribution in [3.63, 3.8) is 0 Å². The van der Waals surface area contributed by atoms with Crippen LogP contribution in [0.15, 0.2) is 30.3 Å². The van der Waals surface area contributed by atoms with E-state index in [0.717, 1.165) is 24.9 Å². The molecule has 1 aromatic carbocycles. The first kappa shape index (κ1) is 16.6. The van der Waals surface area contributed by atoms with Crippen LogP contribution >= 0.6 is 12.2 Å². The SMILES string of the molecule is CCCCN(CC)C(=O)C(Cc1ccccc1)C(N)=S. The van der Waals surface area contributed by atoms with E-state index in [1.165, 1.54) is 0 Å². The van der Waals surface area contributed by atoms with Gasteiger partial charge < -0.3 is 10.6 Å². The molecule has 0 aliphatic carbocycles. The Morgan fingerprint density at radius 3 is 2.45 bits per heavy atom. The molecule has 1 atom stereocenters. The maximum absolute atomic E-state index is 12.6. The predicted octanol–water partition coefficient (Wildman–Crippen LogP) is 2.78. The van der Waals surface area contributed by atoms with Gasteiger partial charge in [0.05, 0.1) is 10.9 Å². The summed E-state index contributed by atoms with van der Waals surface area (Å²) in [5.74, 6) is -0.346. The van der Waals surface area contributed by atoms with Crippen LogP contribution in [0.1, 0.15) is 32.3 Å². The fraction of sp³-hybridized carbons (Fsp3) is 0.500. The molecule has 0 spiro atoms. The van der Waals surface area contributed by atoms with Crippen molar-refractivity contribution in [2.24, 2.45) is 11.7 Å². The maximum Gasteiger partial charge on any atom is 0.232 e. The first-order valence-corrected chi connectivity index (χ1v) is 7.63. The molecular weight excluding hydrogens is 268 g/mol. The zero-order valence-electron chi connectivity index (χ0n) is 12.3. The van der Waals surface area contributed by atoms with Crippen LogP contribution in [0.25, 0.3) is 0 Å². The van der Waals surface area contributed by atoms with Gasteiger partial charge in [0.2, 0.25) is 5.91 Å². The fourth-order valence-corrected chi connectivity index (χ4v) is 2.34. The highest BCUT2D eigenvalue weighted by atomic mass is 32.1. The molecule has 3 nitrogen and oxygen atoms in total. The van der Waals surface area contributed by atoms with E-state index in [4.69, 9.17) is 18.0 Å². The number of benzene rings is 1. The van der Waals surface area contributed by atoms with Gasteiger partial charge in [0.1, 0.15) is 0 Å². The number of thiocarbonyl (C=S) groups is 1. The molecule has 0 aliphatic heterocycles. The summed E-state index contributed by atoms with van der Waals surface area (Å²) in [4.78, 5) is 14.7. The fourth-order valence-electron chi connectivity index (χ4n) is 2.15. The molecule has 1 amide bonds. The minimum Gasteiger partial charge on any atom is -0.393 e. The lowest BCUT2D eigenvalue weighted by Gasteiger charge is -2.26. The van der Waals surface area contributed by atoms with Gasteiger partial charge in [-0.3, -0.25) is 4.79 Å². The number of hydrogen-bond donors (Lipinski definition) is 1. The number of hydrogen-bond acceptors (Lipinski definition) is 2. The first-order chi connectivity index (χ1) is 9.60. The van der Waals surface area contributed by atoms with E-state index < -0.39 is 5.92 Å². The van der Waals surface area contributed by atoms with Gasteiger partial charge in [-0.2, -0.15) is 0 Å². The number of carbonyl (C=O) groups excluding carboxylic acids is 1. The largest absolute Gasteiger partial charge is 0.393 e. The third-order valence-corrected chi connectivity index (χ3v) is 3.68. The molecular formula is C16H24N2OS. The lowest BCUT2D eigenvalue weighted by molar-refractivity contribution is -0.133. The van der Waals surface area contributed by atoms with Crippen LogP contribution < -0.4 is 5.73 Å². The van der Waals surface area contributed by atoms with Crippen LogP contribution in [0.4, 0.5) is 0 Å². The quantitative estimate of drug-likeness (QED) is 0.749. The summed E-state index contributed by atoms with van der Waals surface area (Å²) >= 11 is 5.10. The molecule has 1 aromatic rings. The van der Waals surface area contributed by atoms with E-state index in [1.807, 2.05) is 42.2 Å². The number of rotatable bonds is 8. The van der Waals surface area contributed by atoms with Crippen molar-refractivity contribution in [2.45, 2.75) is 33.1 Å². The molecule has 2 N–H and O–H groups in total. The van der Waals surface area contributed by atoms with E-state index in [2.05, 4.69) is 6.92 Å². The first-order valence-electron chi connectivity index (χ1n) is 7.22. The van der Waals surface area contributed by atoms with Crippen molar-refractivity contribution in [3.05, 3.63) is 35.9 Å². The molecule has 1 rings (SSSR count). The summed E-state index contributed by atoms with van der Waals surface area (Å²) in [7, 11) is 0. The number of carbonyl (C=O) groups is 1. The highest BCUT2D eigenvalue weighted by Crippen LogP contribution is 2.13. The zero-order valence-corrected chi connectivity index (χ0v) is 13.2. The molecule has 0 saturated heterocycles. The van der Waals surface area contributed by atoms with Crippen molar-refractivity contribution >= 4 is 23.1 Å². The van der Waals surface area contributed by atoms with Crippen molar-refractivity contribution in [1.82, 2.24) is 4.90 Å². The van der Waals surface area contributed by atoms with Crippen LogP contribution in [-0.4, -0.2) is 28.9 Å². The summed E-state index contributed by atoms with van der Waals surface area (Å²) in [5.41, 5.74) is 6.88. The lowest BCUT2D eigenvalue weighted by atomic mass is 9.97. The third kappa shape index (κ3) is 4.93. The monoisotopic (exact) mass is 292 g/mol. The summed E-state index contributed by atoms with van der Waals surface area (Å²) in [6.07, 6.45) is 2.66. The Morgan fingerprint density at radius 2 is 1.95 bits per heavy atom. The molecule has 0 aromatic heterocycles. The Hall–Kier alpha value is -1.42. The van der Waals surface area contributed by atoms with Crippen LogP contribution in [0.3, 0.4) is 0 Å². The standard InChI is InChI=1S/C16H24N2OS/c1-3-5-11-18(4-2)16(19)14(15(17)20)12-13-9-7-6-8-10-13/h6-10,14H,3-5,11-12H2,1-2H3,(H2,17,20). The summed E-state index contributed by atoms with van der Waals surface area (Å²) in [6.45, 7) is 5.59. The summed E-state index contributed by atoms with van der Waals surface area (Å²) < 4.78 is 0. The van der Waals surface area contributed by atoms with Crippen molar-refractivity contribution in [1.29, 1.82) is 0 Å². The van der Waals surface area contributed by atoms with Gasteiger partial charge in [-0.25, -0.2) is 0 Å². The second kappa shape index (κ2) is 8.69. The minimum atomic E-state index is -0.399. The number of nitrogens with zero attached hydrogens (tertiary/aromatic N) is 1. The van der Waals surface area contributed by atoms with E-state index in [1.54, 1.807) is 0 Å². The van der Waals surface area contributed by atoms with Crippen molar-refractivity contribution < 1.29 is 4.79 Å². The van der Waals surface area contributed by atoms with Crippen LogP contribution in [0.2, 0.25) is 0 Å². The smallest absolute Gasteiger partial charge is 0.232 e. The molecule has 0 bridgehead atoms. The number of nitrogens with two attached hydrogens (primary N) is 1. The molecule has 110 valence electrons. The molecule has 0 saturated carbocycles. The van der Waals surface area contributed by atoms with E-state index in [-0.39, 0.29) is 10.9 Å². The van der Waals surface area contributed by atoms with Gasteiger partial charge in [-0.15, -0.1) is 0 Å². The van der Waals surface area contributed by atoms with Crippen molar-refractivity contribution in [2.75, 3.05) is 13.1 Å². The average Bonchev–Trinajstić information content (AvgIpc) is 2.46. The van der Waals surface area contributed by atoms with Gasteiger partial charge in [0.25, 0.3) is 0 Å². The van der Waals surface area contributed by atoms with Gasteiger partial charge in [-0.1, -0.05) is 55.9 Å². The maximum atomic E-state index is 12.6. The van der Waals surface area contributed by atoms with Crippen molar-refractivity contribution in [3.8, 4) is 0 Å². The van der Waals surface area contributed by atoms with E-state index >= 15 is 0 Å². The Balaban J connectivity index is 2.79. The Kier molecular flexibility index (Phi) is 7.23. The van der Waals surface area contributed by atoms with E-state index in [9.17, 15) is 4.79 Å². The molecule has 0 aliphatic rings. The molecule has 1 unspecified atom stereocenters. The number of amides is 1.